The molecule has 1 fully saturated rings. The van der Waals surface area contributed by atoms with Gasteiger partial charge in [-0.1, -0.05) is 12.5 Å². The highest BCUT2D eigenvalue weighted by Crippen LogP contribution is 2.34. The van der Waals surface area contributed by atoms with Gasteiger partial charge < -0.3 is 20.1 Å². The molecule has 8 heteroatoms. The van der Waals surface area contributed by atoms with E-state index in [2.05, 4.69) is 34.0 Å². The molecular formula is C19H28N6O2. The highest BCUT2D eigenvalue weighted by atomic mass is 16.6. The van der Waals surface area contributed by atoms with Gasteiger partial charge in [0.15, 0.2) is 11.5 Å². The summed E-state index contributed by atoms with van der Waals surface area (Å²) in [5.41, 5.74) is 7.00. The number of hydrogen-bond donors (Lipinski definition) is 1. The van der Waals surface area contributed by atoms with E-state index in [-0.39, 0.29) is 12.2 Å². The third-order valence-electron chi connectivity index (χ3n) is 5.21. The minimum absolute atomic E-state index is 0.256. The molecule has 0 radical (unpaired) electrons. The summed E-state index contributed by atoms with van der Waals surface area (Å²) in [6.07, 6.45) is 3.66. The fraction of sp³-hybridized carbons (Fsp3) is 0.579. The zero-order valence-corrected chi connectivity index (χ0v) is 16.1. The Morgan fingerprint density at radius 2 is 2.04 bits per heavy atom. The Bertz CT molecular complexity index is 787. The molecular weight excluding hydrogens is 344 g/mol. The molecule has 146 valence electrons. The van der Waals surface area contributed by atoms with Crippen LogP contribution in [0.2, 0.25) is 0 Å². The first-order valence-electron chi connectivity index (χ1n) is 9.72. The third-order valence-corrected chi connectivity index (χ3v) is 5.21. The van der Waals surface area contributed by atoms with E-state index >= 15 is 0 Å². The van der Waals surface area contributed by atoms with E-state index in [1.807, 2.05) is 18.0 Å². The lowest BCUT2D eigenvalue weighted by Gasteiger charge is -2.35. The van der Waals surface area contributed by atoms with Gasteiger partial charge in [0.1, 0.15) is 6.61 Å². The van der Waals surface area contributed by atoms with Crippen molar-refractivity contribution in [1.82, 2.24) is 19.7 Å². The van der Waals surface area contributed by atoms with Crippen LogP contribution in [0.4, 0.5) is 11.9 Å². The number of nitrogens with zero attached hydrogens (tertiary/aromatic N) is 5. The molecule has 0 saturated carbocycles. The van der Waals surface area contributed by atoms with E-state index < -0.39 is 0 Å². The van der Waals surface area contributed by atoms with Crippen LogP contribution in [0.5, 0.6) is 11.5 Å². The molecule has 8 nitrogen and oxygen atoms in total. The van der Waals surface area contributed by atoms with Gasteiger partial charge in [0, 0.05) is 20.1 Å². The van der Waals surface area contributed by atoms with Crippen LogP contribution in [-0.4, -0.2) is 52.1 Å². The summed E-state index contributed by atoms with van der Waals surface area (Å²) >= 11 is 0. The Hall–Kier alpha value is -2.48. The van der Waals surface area contributed by atoms with Gasteiger partial charge in [-0.15, -0.1) is 5.10 Å². The molecule has 1 saturated heterocycles. The number of aryl methyl sites for hydroxylation is 1. The standard InChI is InChI=1S/C19H28N6O2/c1-3-25(19-21-18(20)22-23(19)2)17-13-26-15-8-7-14(11-16(15)27-17)12-24-9-5-4-6-10-24/h7-8,11,17H,3-6,9-10,12-13H2,1-2H3,(H2,20,22). The van der Waals surface area contributed by atoms with Crippen LogP contribution >= 0.6 is 0 Å². The smallest absolute Gasteiger partial charge is 0.241 e. The lowest BCUT2D eigenvalue weighted by molar-refractivity contribution is 0.0868. The molecule has 2 N–H and O–H groups in total. The van der Waals surface area contributed by atoms with Gasteiger partial charge in [-0.3, -0.25) is 4.90 Å². The monoisotopic (exact) mass is 372 g/mol. The van der Waals surface area contributed by atoms with Crippen molar-refractivity contribution in [3.63, 3.8) is 0 Å². The summed E-state index contributed by atoms with van der Waals surface area (Å²) in [4.78, 5) is 8.85. The Kier molecular flexibility index (Phi) is 5.07. The first kappa shape index (κ1) is 17.9. The van der Waals surface area contributed by atoms with Crippen LogP contribution in [0.25, 0.3) is 0 Å². The highest BCUT2D eigenvalue weighted by Gasteiger charge is 2.29. The molecule has 1 aromatic carbocycles. The minimum Gasteiger partial charge on any atom is -0.484 e. The normalized spacial score (nSPS) is 19.9. The van der Waals surface area contributed by atoms with E-state index in [1.54, 1.807) is 4.68 Å². The highest BCUT2D eigenvalue weighted by molar-refractivity contribution is 5.45. The molecule has 2 aliphatic rings. The molecule has 0 aliphatic carbocycles. The quantitative estimate of drug-likeness (QED) is 0.860. The van der Waals surface area contributed by atoms with Crippen molar-refractivity contribution >= 4 is 11.9 Å². The number of nitrogen functional groups attached to an aromatic ring is 1. The van der Waals surface area contributed by atoms with Crippen LogP contribution in [0.3, 0.4) is 0 Å². The number of benzene rings is 1. The number of aromatic nitrogens is 3. The van der Waals surface area contributed by atoms with E-state index in [9.17, 15) is 0 Å². The predicted octanol–water partition coefficient (Wildman–Crippen LogP) is 2.01. The summed E-state index contributed by atoms with van der Waals surface area (Å²) in [7, 11) is 1.83. The van der Waals surface area contributed by atoms with Crippen LogP contribution in [0.15, 0.2) is 18.2 Å². The number of rotatable bonds is 5. The van der Waals surface area contributed by atoms with Crippen molar-refractivity contribution in [2.24, 2.45) is 7.05 Å². The first-order valence-corrected chi connectivity index (χ1v) is 9.72. The van der Waals surface area contributed by atoms with Crippen molar-refractivity contribution < 1.29 is 9.47 Å². The number of piperidine rings is 1. The van der Waals surface area contributed by atoms with E-state index in [0.717, 1.165) is 18.0 Å². The van der Waals surface area contributed by atoms with E-state index in [1.165, 1.54) is 37.9 Å². The lowest BCUT2D eigenvalue weighted by Crippen LogP contribution is -2.46. The first-order chi connectivity index (χ1) is 13.1. The molecule has 0 amide bonds. The summed E-state index contributed by atoms with van der Waals surface area (Å²) < 4.78 is 13.9. The molecule has 2 aromatic rings. The Morgan fingerprint density at radius 3 is 2.74 bits per heavy atom. The van der Waals surface area contributed by atoms with Crippen LogP contribution in [0.1, 0.15) is 31.7 Å². The van der Waals surface area contributed by atoms with Gasteiger partial charge in [0.05, 0.1) is 0 Å². The van der Waals surface area contributed by atoms with Crippen molar-refractivity contribution in [3.05, 3.63) is 23.8 Å². The molecule has 0 spiro atoms. The number of likely N-dealkylation sites (N-methyl/N-ethyl adjacent to an activating group) is 1. The van der Waals surface area contributed by atoms with Gasteiger partial charge in [-0.2, -0.15) is 4.98 Å². The van der Waals surface area contributed by atoms with Gasteiger partial charge >= 0.3 is 0 Å². The SMILES string of the molecule is CCN(c1nc(N)nn1C)C1COc2ccc(CN3CCCCC3)cc2O1. The number of hydrogen-bond acceptors (Lipinski definition) is 7. The zero-order chi connectivity index (χ0) is 18.8. The largest absolute Gasteiger partial charge is 0.484 e. The Balaban J connectivity index is 1.50. The lowest BCUT2D eigenvalue weighted by atomic mass is 10.1. The number of anilines is 2. The summed E-state index contributed by atoms with van der Waals surface area (Å²) in [5, 5.41) is 4.14. The van der Waals surface area contributed by atoms with Crippen molar-refractivity contribution in [1.29, 1.82) is 0 Å². The van der Waals surface area contributed by atoms with Crippen LogP contribution in [-0.2, 0) is 13.6 Å². The maximum Gasteiger partial charge on any atom is 0.241 e. The molecule has 4 rings (SSSR count). The average Bonchev–Trinajstić information content (AvgIpc) is 3.01. The number of nitrogens with two attached hydrogens (primary N) is 1. The third kappa shape index (κ3) is 3.80. The number of likely N-dealkylation sites (tertiary alicyclic amines) is 1. The Morgan fingerprint density at radius 1 is 1.22 bits per heavy atom. The van der Waals surface area contributed by atoms with Crippen molar-refractivity contribution in [2.75, 3.05) is 36.9 Å². The number of ether oxygens (including phenoxy) is 2. The Labute approximate surface area is 159 Å². The summed E-state index contributed by atoms with van der Waals surface area (Å²) in [5.74, 6) is 2.51. The maximum atomic E-state index is 6.29. The second kappa shape index (κ2) is 7.64. The molecule has 1 unspecified atom stereocenters. The fourth-order valence-corrected chi connectivity index (χ4v) is 3.85. The van der Waals surface area contributed by atoms with Crippen molar-refractivity contribution in [2.45, 2.75) is 39.0 Å². The van der Waals surface area contributed by atoms with E-state index in [0.29, 0.717) is 19.1 Å². The maximum absolute atomic E-state index is 6.29. The van der Waals surface area contributed by atoms with Crippen LogP contribution in [0, 0.1) is 0 Å². The average molecular weight is 372 g/mol. The molecule has 27 heavy (non-hydrogen) atoms. The predicted molar refractivity (Wildman–Crippen MR) is 104 cm³/mol. The van der Waals surface area contributed by atoms with Crippen LogP contribution < -0.4 is 20.1 Å². The summed E-state index contributed by atoms with van der Waals surface area (Å²) in [6, 6.07) is 6.26. The second-order valence-electron chi connectivity index (χ2n) is 7.18. The second-order valence-corrected chi connectivity index (χ2v) is 7.18. The number of fused-ring (bicyclic) bond motifs is 1. The minimum atomic E-state index is -0.268. The van der Waals surface area contributed by atoms with Gasteiger partial charge in [0.25, 0.3) is 0 Å². The van der Waals surface area contributed by atoms with Gasteiger partial charge in [-0.05, 0) is 50.6 Å². The molecule has 2 aliphatic heterocycles. The van der Waals surface area contributed by atoms with E-state index in [4.69, 9.17) is 15.2 Å². The topological polar surface area (TPSA) is 81.7 Å². The summed E-state index contributed by atoms with van der Waals surface area (Å²) in [6.45, 7) is 6.50. The fourth-order valence-electron chi connectivity index (χ4n) is 3.85. The molecule has 1 atom stereocenters. The van der Waals surface area contributed by atoms with Gasteiger partial charge in [-0.25, -0.2) is 4.68 Å². The van der Waals surface area contributed by atoms with Crippen molar-refractivity contribution in [3.8, 4) is 11.5 Å². The molecule has 1 aromatic heterocycles. The zero-order valence-electron chi connectivity index (χ0n) is 16.1. The molecule has 0 bridgehead atoms. The molecule has 3 heterocycles. The van der Waals surface area contributed by atoms with Gasteiger partial charge in [0.2, 0.25) is 18.1 Å².